The first-order valence-corrected chi connectivity index (χ1v) is 10.9. The van der Waals surface area contributed by atoms with E-state index in [-0.39, 0.29) is 22.9 Å². The Morgan fingerprint density at radius 2 is 1.53 bits per heavy atom. The number of phenolic OH excluding ortho intramolecular Hbond substituents is 1. The summed E-state index contributed by atoms with van der Waals surface area (Å²) in [6.07, 6.45) is -3.41. The third kappa shape index (κ3) is 7.42. The molecule has 0 unspecified atom stereocenters. The van der Waals surface area contributed by atoms with Crippen LogP contribution >= 0.6 is 0 Å². The summed E-state index contributed by atoms with van der Waals surface area (Å²) in [6, 6.07) is 12.5. The Morgan fingerprint density at radius 1 is 0.868 bits per heavy atom. The zero-order chi connectivity index (χ0) is 28.0. The van der Waals surface area contributed by atoms with E-state index in [2.05, 4.69) is 10.3 Å². The molecular formula is C27H21F5N2O4. The van der Waals surface area contributed by atoms with Gasteiger partial charge in [-0.05, 0) is 61.4 Å². The molecule has 38 heavy (non-hydrogen) atoms. The maximum Gasteiger partial charge on any atom is 0.416 e. The van der Waals surface area contributed by atoms with Gasteiger partial charge in [-0.25, -0.2) is 8.78 Å². The number of ether oxygens (including phenoxy) is 1. The van der Waals surface area contributed by atoms with Crippen LogP contribution in [0.15, 0.2) is 77.7 Å². The third-order valence-electron chi connectivity index (χ3n) is 5.13. The van der Waals surface area contributed by atoms with Crippen LogP contribution in [-0.4, -0.2) is 16.0 Å². The number of benzene rings is 3. The summed E-state index contributed by atoms with van der Waals surface area (Å²) in [5.41, 5.74) is -0.688. The molecule has 0 saturated carbocycles. The molecule has 0 aliphatic heterocycles. The van der Waals surface area contributed by atoms with E-state index in [0.29, 0.717) is 17.2 Å². The quantitative estimate of drug-likeness (QED) is 0.254. The molecular weight excluding hydrogens is 511 g/mol. The number of carbonyl (C=O) groups is 1. The van der Waals surface area contributed by atoms with Crippen LogP contribution in [0.5, 0.6) is 17.2 Å². The van der Waals surface area contributed by atoms with E-state index >= 15 is 0 Å². The Kier molecular flexibility index (Phi) is 8.51. The second-order valence-corrected chi connectivity index (χ2v) is 8.05. The molecule has 3 N–H and O–H groups in total. The Labute approximate surface area is 213 Å². The number of carbonyl (C=O) groups excluding carboxylic acids is 1. The van der Waals surface area contributed by atoms with Gasteiger partial charge in [-0.1, -0.05) is 12.1 Å². The van der Waals surface area contributed by atoms with Crippen LogP contribution in [-0.2, 0) is 6.18 Å². The van der Waals surface area contributed by atoms with Gasteiger partial charge in [-0.15, -0.1) is 0 Å². The molecule has 0 atom stereocenters. The highest BCUT2D eigenvalue weighted by Crippen LogP contribution is 2.35. The predicted octanol–water partition coefficient (Wildman–Crippen LogP) is 6.73. The predicted molar refractivity (Wildman–Crippen MR) is 130 cm³/mol. The highest BCUT2D eigenvalue weighted by atomic mass is 19.4. The molecule has 11 heteroatoms. The minimum absolute atomic E-state index is 0.00926. The van der Waals surface area contributed by atoms with Gasteiger partial charge in [-0.2, -0.15) is 13.2 Å². The largest absolute Gasteiger partial charge is 0.508 e. The fraction of sp³-hybridized carbons (Fsp3) is 0.111. The first-order valence-electron chi connectivity index (χ1n) is 10.9. The van der Waals surface area contributed by atoms with Crippen molar-refractivity contribution in [3.63, 3.8) is 0 Å². The number of phenols is 1. The van der Waals surface area contributed by atoms with E-state index in [9.17, 15) is 31.5 Å². The number of aromatic amines is 1. The minimum atomic E-state index is -4.69. The van der Waals surface area contributed by atoms with Crippen LogP contribution in [0.1, 0.15) is 27.0 Å². The van der Waals surface area contributed by atoms with Gasteiger partial charge < -0.3 is 20.1 Å². The highest BCUT2D eigenvalue weighted by molar-refractivity contribution is 6.06. The fourth-order valence-corrected chi connectivity index (χ4v) is 3.08. The number of aromatic hydroxyl groups is 1. The van der Waals surface area contributed by atoms with E-state index < -0.39 is 40.4 Å². The second kappa shape index (κ2) is 11.6. The summed E-state index contributed by atoms with van der Waals surface area (Å²) < 4.78 is 70.6. The Bertz CT molecular complexity index is 1520. The maximum atomic E-state index is 13.5. The second-order valence-electron chi connectivity index (χ2n) is 8.05. The van der Waals surface area contributed by atoms with Gasteiger partial charge in [0.25, 0.3) is 5.91 Å². The molecule has 1 heterocycles. The van der Waals surface area contributed by atoms with Crippen LogP contribution in [0.25, 0.3) is 0 Å². The van der Waals surface area contributed by atoms with Gasteiger partial charge in [0.15, 0.2) is 0 Å². The van der Waals surface area contributed by atoms with Crippen LogP contribution in [0.4, 0.5) is 27.6 Å². The van der Waals surface area contributed by atoms with Crippen molar-refractivity contribution >= 4 is 11.6 Å². The van der Waals surface area contributed by atoms with Crippen LogP contribution in [0.2, 0.25) is 0 Å². The lowest BCUT2D eigenvalue weighted by molar-refractivity contribution is -0.137. The summed E-state index contributed by atoms with van der Waals surface area (Å²) >= 11 is 0. The Hall–Kier alpha value is -4.67. The lowest BCUT2D eigenvalue weighted by Gasteiger charge is -2.15. The summed E-state index contributed by atoms with van der Waals surface area (Å²) in [4.78, 5) is 26.3. The SMILES string of the molecule is Cc1ccc(F)cc1O.Cc1ccc(F)cc1Oc1ccc(C(F)(F)F)cc1C(=O)Nc1cc[nH]c(=O)c1. The molecule has 4 aromatic rings. The van der Waals surface area contributed by atoms with Crippen LogP contribution in [0, 0.1) is 25.5 Å². The van der Waals surface area contributed by atoms with Gasteiger partial charge >= 0.3 is 6.18 Å². The van der Waals surface area contributed by atoms with Gasteiger partial charge in [0.05, 0.1) is 11.1 Å². The molecule has 0 radical (unpaired) electrons. The molecule has 0 bridgehead atoms. The zero-order valence-corrected chi connectivity index (χ0v) is 20.0. The lowest BCUT2D eigenvalue weighted by atomic mass is 10.1. The van der Waals surface area contributed by atoms with Gasteiger partial charge in [-0.3, -0.25) is 9.59 Å². The summed E-state index contributed by atoms with van der Waals surface area (Å²) in [5, 5.41) is 11.2. The van der Waals surface area contributed by atoms with Crippen molar-refractivity contribution in [1.29, 1.82) is 0 Å². The van der Waals surface area contributed by atoms with E-state index in [4.69, 9.17) is 9.84 Å². The van der Waals surface area contributed by atoms with E-state index in [0.717, 1.165) is 30.3 Å². The van der Waals surface area contributed by atoms with Crippen molar-refractivity contribution in [3.8, 4) is 17.2 Å². The Morgan fingerprint density at radius 3 is 2.13 bits per heavy atom. The molecule has 0 aliphatic carbocycles. The van der Waals surface area contributed by atoms with Crippen molar-refractivity contribution in [1.82, 2.24) is 4.98 Å². The molecule has 0 fully saturated rings. The summed E-state index contributed by atoms with van der Waals surface area (Å²) in [7, 11) is 0. The van der Waals surface area contributed by atoms with Gasteiger partial charge in [0, 0.05) is 30.1 Å². The number of H-pyrrole nitrogens is 1. The molecule has 0 aliphatic rings. The minimum Gasteiger partial charge on any atom is -0.508 e. The standard InChI is InChI=1S/C20H14F4N2O3.C7H7FO/c1-11-2-4-13(21)9-17(11)29-16-5-3-12(20(22,23)24)8-15(16)19(28)26-14-6-7-25-18(27)10-14;1-5-2-3-6(8)4-7(5)9/h2-10H,1H3,(H2,25,26,27,28);2-4,9H,1H3. The number of pyridine rings is 1. The molecule has 6 nitrogen and oxygen atoms in total. The molecule has 4 rings (SSSR count). The van der Waals surface area contributed by atoms with Crippen molar-refractivity contribution in [3.05, 3.63) is 117 Å². The number of rotatable bonds is 4. The van der Waals surface area contributed by atoms with Crippen molar-refractivity contribution < 1.29 is 36.6 Å². The number of aromatic nitrogens is 1. The third-order valence-corrected chi connectivity index (χ3v) is 5.13. The summed E-state index contributed by atoms with van der Waals surface area (Å²) in [5.74, 6) is -2.07. The lowest BCUT2D eigenvalue weighted by Crippen LogP contribution is -2.16. The number of alkyl halides is 3. The molecule has 0 spiro atoms. The number of amides is 1. The average Bonchev–Trinajstić information content (AvgIpc) is 2.84. The normalized spacial score (nSPS) is 10.8. The number of halogens is 5. The van der Waals surface area contributed by atoms with Gasteiger partial charge in [0.1, 0.15) is 28.9 Å². The number of hydrogen-bond donors (Lipinski definition) is 3. The number of anilines is 1. The molecule has 0 saturated heterocycles. The average molecular weight is 532 g/mol. The monoisotopic (exact) mass is 532 g/mol. The van der Waals surface area contributed by atoms with E-state index in [1.807, 2.05) is 0 Å². The van der Waals surface area contributed by atoms with Gasteiger partial charge in [0.2, 0.25) is 5.56 Å². The van der Waals surface area contributed by atoms with Crippen LogP contribution < -0.4 is 15.6 Å². The topological polar surface area (TPSA) is 91.4 Å². The van der Waals surface area contributed by atoms with Crippen molar-refractivity contribution in [2.45, 2.75) is 20.0 Å². The first-order chi connectivity index (χ1) is 17.8. The van der Waals surface area contributed by atoms with Crippen molar-refractivity contribution in [2.24, 2.45) is 0 Å². The fourth-order valence-electron chi connectivity index (χ4n) is 3.08. The maximum absolute atomic E-state index is 13.5. The molecule has 198 valence electrons. The highest BCUT2D eigenvalue weighted by Gasteiger charge is 2.32. The van der Waals surface area contributed by atoms with E-state index in [1.54, 1.807) is 13.8 Å². The summed E-state index contributed by atoms with van der Waals surface area (Å²) in [6.45, 7) is 3.34. The Balaban J connectivity index is 0.000000375. The van der Waals surface area contributed by atoms with Crippen molar-refractivity contribution in [2.75, 3.05) is 5.32 Å². The number of hydrogen-bond acceptors (Lipinski definition) is 4. The number of nitrogens with one attached hydrogen (secondary N) is 2. The van der Waals surface area contributed by atoms with E-state index in [1.165, 1.54) is 36.5 Å². The molecule has 1 amide bonds. The first kappa shape index (κ1) is 27.9. The number of aryl methyl sites for hydroxylation is 2. The zero-order valence-electron chi connectivity index (χ0n) is 20.0. The molecule has 3 aromatic carbocycles. The smallest absolute Gasteiger partial charge is 0.416 e. The van der Waals surface area contributed by atoms with Crippen LogP contribution in [0.3, 0.4) is 0 Å². The molecule has 1 aromatic heterocycles.